The van der Waals surface area contributed by atoms with E-state index in [1.54, 1.807) is 37.4 Å². The average molecular weight is 459 g/mol. The minimum Gasteiger partial charge on any atom is -0.507 e. The van der Waals surface area contributed by atoms with Gasteiger partial charge < -0.3 is 19.5 Å². The zero-order valence-electron chi connectivity index (χ0n) is 19.3. The molecule has 2 heterocycles. The molecule has 1 saturated heterocycles. The molecule has 0 saturated carbocycles. The molecule has 7 nitrogen and oxygen atoms in total. The predicted molar refractivity (Wildman–Crippen MR) is 127 cm³/mol. The van der Waals surface area contributed by atoms with E-state index in [-0.39, 0.29) is 24.0 Å². The fourth-order valence-electron chi connectivity index (χ4n) is 4.05. The lowest BCUT2D eigenvalue weighted by Crippen LogP contribution is -2.29. The van der Waals surface area contributed by atoms with Gasteiger partial charge >= 0.3 is 0 Å². The number of hydrogen-bond acceptors (Lipinski definition) is 6. The van der Waals surface area contributed by atoms with Gasteiger partial charge in [0.05, 0.1) is 24.8 Å². The molecule has 1 aliphatic rings. The number of aromatic nitrogens is 1. The van der Waals surface area contributed by atoms with Gasteiger partial charge in [0.1, 0.15) is 17.3 Å². The van der Waals surface area contributed by atoms with Crippen molar-refractivity contribution in [1.82, 2.24) is 9.88 Å². The Morgan fingerprint density at radius 3 is 2.44 bits per heavy atom. The maximum atomic E-state index is 13.2. The molecule has 174 valence electrons. The van der Waals surface area contributed by atoms with Crippen molar-refractivity contribution in [3.8, 4) is 11.5 Å². The summed E-state index contributed by atoms with van der Waals surface area (Å²) in [5.74, 6) is -0.401. The Labute approximate surface area is 198 Å². The van der Waals surface area contributed by atoms with Crippen LogP contribution in [0.3, 0.4) is 0 Å². The van der Waals surface area contributed by atoms with Crippen LogP contribution in [-0.4, -0.2) is 39.9 Å². The zero-order valence-corrected chi connectivity index (χ0v) is 19.3. The van der Waals surface area contributed by atoms with Gasteiger partial charge in [-0.2, -0.15) is 0 Å². The summed E-state index contributed by atoms with van der Waals surface area (Å²) >= 11 is 0. The van der Waals surface area contributed by atoms with Gasteiger partial charge in [0.25, 0.3) is 11.7 Å². The number of benzene rings is 2. The first kappa shape index (κ1) is 23.0. The van der Waals surface area contributed by atoms with Gasteiger partial charge in [-0.15, -0.1) is 0 Å². The third-order valence-electron chi connectivity index (χ3n) is 5.53. The first-order valence-electron chi connectivity index (χ1n) is 11.0. The number of Topliss-reactive ketones (excluding diaryl/α,β-unsaturated/α-hetero) is 1. The van der Waals surface area contributed by atoms with Gasteiger partial charge in [-0.05, 0) is 61.4 Å². The smallest absolute Gasteiger partial charge is 0.295 e. The highest BCUT2D eigenvalue weighted by molar-refractivity contribution is 6.46. The Morgan fingerprint density at radius 2 is 1.74 bits per heavy atom. The van der Waals surface area contributed by atoms with Gasteiger partial charge in [-0.1, -0.05) is 24.3 Å². The van der Waals surface area contributed by atoms with Crippen LogP contribution < -0.4 is 9.47 Å². The minimum absolute atomic E-state index is 0.00150. The second-order valence-electron chi connectivity index (χ2n) is 8.25. The van der Waals surface area contributed by atoms with Crippen LogP contribution in [0.2, 0.25) is 0 Å². The average Bonchev–Trinajstić information content (AvgIpc) is 3.09. The summed E-state index contributed by atoms with van der Waals surface area (Å²) in [5.41, 5.74) is 1.90. The number of nitrogens with zero attached hydrogens (tertiary/aromatic N) is 2. The van der Waals surface area contributed by atoms with Crippen molar-refractivity contribution in [1.29, 1.82) is 0 Å². The maximum Gasteiger partial charge on any atom is 0.295 e. The SMILES string of the molecule is COc1cccc(C2/C(=C(/O)c3ccncc3)C(=O)C(=O)N2Cc2cccc(OC(C)C)c2)c1. The summed E-state index contributed by atoms with van der Waals surface area (Å²) in [4.78, 5) is 31.8. The van der Waals surface area contributed by atoms with Gasteiger partial charge in [-0.25, -0.2) is 0 Å². The van der Waals surface area contributed by atoms with Crippen LogP contribution in [0.25, 0.3) is 5.76 Å². The number of aliphatic hydroxyl groups is 1. The number of aliphatic hydroxyl groups excluding tert-OH is 1. The number of methoxy groups -OCH3 is 1. The van der Waals surface area contributed by atoms with Crippen LogP contribution in [-0.2, 0) is 16.1 Å². The second-order valence-corrected chi connectivity index (χ2v) is 8.25. The molecule has 2 aromatic carbocycles. The first-order valence-corrected chi connectivity index (χ1v) is 11.0. The summed E-state index contributed by atoms with van der Waals surface area (Å²) in [7, 11) is 1.55. The van der Waals surface area contributed by atoms with Gasteiger partial charge in [0, 0.05) is 24.5 Å². The standard InChI is InChI=1S/C27H26N2O5/c1-17(2)34-22-9-4-6-18(14-22)16-29-24(20-7-5-8-21(15-20)33-3)23(26(31)27(29)32)25(30)19-10-12-28-13-11-19/h4-15,17,24,30H,16H2,1-3H3/b25-23-. The number of amides is 1. The molecule has 7 heteroatoms. The van der Waals surface area contributed by atoms with E-state index in [0.29, 0.717) is 22.6 Å². The van der Waals surface area contributed by atoms with Gasteiger partial charge in [0.2, 0.25) is 0 Å². The first-order chi connectivity index (χ1) is 16.4. The summed E-state index contributed by atoms with van der Waals surface area (Å²) < 4.78 is 11.1. The Bertz CT molecular complexity index is 1240. The summed E-state index contributed by atoms with van der Waals surface area (Å²) in [6, 6.07) is 17.0. The van der Waals surface area contributed by atoms with E-state index >= 15 is 0 Å². The van der Waals surface area contributed by atoms with E-state index in [2.05, 4.69) is 4.98 Å². The largest absolute Gasteiger partial charge is 0.507 e. The highest BCUT2D eigenvalue weighted by atomic mass is 16.5. The van der Waals surface area contributed by atoms with Crippen LogP contribution in [0.5, 0.6) is 11.5 Å². The number of carbonyl (C=O) groups excluding carboxylic acids is 2. The molecule has 0 bridgehead atoms. The van der Waals surface area contributed by atoms with Crippen LogP contribution in [0.1, 0.15) is 36.6 Å². The van der Waals surface area contributed by atoms with E-state index in [0.717, 1.165) is 5.56 Å². The van der Waals surface area contributed by atoms with Crippen LogP contribution in [0.15, 0.2) is 78.6 Å². The molecular weight excluding hydrogens is 432 g/mol. The van der Waals surface area contributed by atoms with E-state index in [1.807, 2.05) is 44.2 Å². The lowest BCUT2D eigenvalue weighted by atomic mass is 9.95. The monoisotopic (exact) mass is 458 g/mol. The molecule has 1 amide bonds. The summed E-state index contributed by atoms with van der Waals surface area (Å²) in [5, 5.41) is 11.1. The molecule has 1 aromatic heterocycles. The zero-order chi connectivity index (χ0) is 24.2. The van der Waals surface area contributed by atoms with E-state index in [1.165, 1.54) is 17.3 Å². The molecule has 1 aliphatic heterocycles. The number of carbonyl (C=O) groups is 2. The molecule has 1 atom stereocenters. The molecule has 0 spiro atoms. The number of ketones is 1. The minimum atomic E-state index is -0.794. The summed E-state index contributed by atoms with van der Waals surface area (Å²) in [6.45, 7) is 4.04. The molecule has 1 N–H and O–H groups in total. The Kier molecular flexibility index (Phi) is 6.63. The van der Waals surface area contributed by atoms with Crippen molar-refractivity contribution in [3.63, 3.8) is 0 Å². The Morgan fingerprint density at radius 1 is 1.03 bits per heavy atom. The van der Waals surface area contributed by atoms with Crippen LogP contribution in [0, 0.1) is 0 Å². The molecule has 0 radical (unpaired) electrons. The molecule has 1 fully saturated rings. The van der Waals surface area contributed by atoms with Crippen molar-refractivity contribution in [2.75, 3.05) is 7.11 Å². The van der Waals surface area contributed by atoms with Crippen molar-refractivity contribution >= 4 is 17.4 Å². The van der Waals surface area contributed by atoms with Crippen LogP contribution >= 0.6 is 0 Å². The number of pyridine rings is 1. The van der Waals surface area contributed by atoms with Crippen molar-refractivity contribution in [2.45, 2.75) is 32.5 Å². The lowest BCUT2D eigenvalue weighted by Gasteiger charge is -2.26. The molecule has 1 unspecified atom stereocenters. The number of hydrogen-bond donors (Lipinski definition) is 1. The third-order valence-corrected chi connectivity index (χ3v) is 5.53. The molecule has 34 heavy (non-hydrogen) atoms. The van der Waals surface area contributed by atoms with Gasteiger partial charge in [-0.3, -0.25) is 14.6 Å². The van der Waals surface area contributed by atoms with E-state index < -0.39 is 17.7 Å². The number of ether oxygens (including phenoxy) is 2. The highest BCUT2D eigenvalue weighted by Gasteiger charge is 2.46. The molecular formula is C27H26N2O5. The van der Waals surface area contributed by atoms with E-state index in [9.17, 15) is 14.7 Å². The van der Waals surface area contributed by atoms with Crippen LogP contribution in [0.4, 0.5) is 0 Å². The van der Waals surface area contributed by atoms with Gasteiger partial charge in [0.15, 0.2) is 0 Å². The number of rotatable bonds is 7. The molecule has 0 aliphatic carbocycles. The predicted octanol–water partition coefficient (Wildman–Crippen LogP) is 4.50. The molecule has 3 aromatic rings. The quantitative estimate of drug-likeness (QED) is 0.319. The summed E-state index contributed by atoms with van der Waals surface area (Å²) in [6.07, 6.45) is 3.04. The number of likely N-dealkylation sites (tertiary alicyclic amines) is 1. The Hall–Kier alpha value is -4.13. The van der Waals surface area contributed by atoms with Crippen molar-refractivity contribution in [2.24, 2.45) is 0 Å². The van der Waals surface area contributed by atoms with E-state index in [4.69, 9.17) is 9.47 Å². The van der Waals surface area contributed by atoms with Crippen molar-refractivity contribution in [3.05, 3.63) is 95.3 Å². The Balaban J connectivity index is 1.81. The van der Waals surface area contributed by atoms with Crippen molar-refractivity contribution < 1.29 is 24.2 Å². The third kappa shape index (κ3) is 4.64. The normalized spacial score (nSPS) is 17.3. The maximum absolute atomic E-state index is 13.2. The second kappa shape index (κ2) is 9.79. The highest BCUT2D eigenvalue weighted by Crippen LogP contribution is 2.41. The fraction of sp³-hybridized carbons (Fsp3) is 0.222. The lowest BCUT2D eigenvalue weighted by molar-refractivity contribution is -0.140. The fourth-order valence-corrected chi connectivity index (χ4v) is 4.05. The topological polar surface area (TPSA) is 89.0 Å². The molecule has 4 rings (SSSR count).